The molecule has 0 aliphatic heterocycles. The average molecular weight is 254 g/mol. The van der Waals surface area contributed by atoms with Crippen molar-refractivity contribution in [2.45, 2.75) is 44.6 Å². The van der Waals surface area contributed by atoms with Crippen molar-refractivity contribution in [2.75, 3.05) is 0 Å². The zero-order valence-corrected chi connectivity index (χ0v) is 11.4. The van der Waals surface area contributed by atoms with Gasteiger partial charge in [-0.15, -0.1) is 0 Å². The largest absolute Gasteiger partial charge is 0.324 e. The molecule has 2 aromatic rings. The van der Waals surface area contributed by atoms with Gasteiger partial charge in [-0.1, -0.05) is 50.3 Å². The topological polar surface area (TPSA) is 38.9 Å². The molecule has 100 valence electrons. The van der Waals surface area contributed by atoms with Gasteiger partial charge in [-0.05, 0) is 30.0 Å². The molecule has 1 aliphatic carbocycles. The van der Waals surface area contributed by atoms with Crippen LogP contribution in [0, 0.1) is 5.92 Å². The van der Waals surface area contributed by atoms with Gasteiger partial charge in [-0.25, -0.2) is 0 Å². The molecule has 1 heterocycles. The second-order valence-electron chi connectivity index (χ2n) is 5.76. The Morgan fingerprint density at radius 1 is 1.11 bits per heavy atom. The maximum absolute atomic E-state index is 6.46. The van der Waals surface area contributed by atoms with Gasteiger partial charge in [0, 0.05) is 17.6 Å². The Bertz CT molecular complexity index is 538. The Labute approximate surface area is 115 Å². The lowest BCUT2D eigenvalue weighted by Gasteiger charge is -2.25. The molecule has 2 N–H and O–H groups in total. The van der Waals surface area contributed by atoms with E-state index < -0.39 is 0 Å². The van der Waals surface area contributed by atoms with Gasteiger partial charge in [-0.3, -0.25) is 4.98 Å². The van der Waals surface area contributed by atoms with Gasteiger partial charge in [0.1, 0.15) is 0 Å². The lowest BCUT2D eigenvalue weighted by atomic mass is 9.83. The number of fused-ring (bicyclic) bond motifs is 1. The predicted molar refractivity (Wildman–Crippen MR) is 79.9 cm³/mol. The van der Waals surface area contributed by atoms with Crippen LogP contribution in [0.5, 0.6) is 0 Å². The number of hydrogen-bond donors (Lipinski definition) is 1. The maximum Gasteiger partial charge on any atom is 0.0705 e. The van der Waals surface area contributed by atoms with E-state index in [4.69, 9.17) is 5.73 Å². The molecule has 1 unspecified atom stereocenters. The molecule has 3 rings (SSSR count). The Morgan fingerprint density at radius 3 is 2.74 bits per heavy atom. The summed E-state index contributed by atoms with van der Waals surface area (Å²) in [7, 11) is 0. The average Bonchev–Trinajstić information content (AvgIpc) is 2.47. The van der Waals surface area contributed by atoms with E-state index in [1.54, 1.807) is 0 Å². The van der Waals surface area contributed by atoms with Crippen LogP contribution in [0.3, 0.4) is 0 Å². The monoisotopic (exact) mass is 254 g/mol. The van der Waals surface area contributed by atoms with E-state index in [-0.39, 0.29) is 6.04 Å². The molecule has 1 aliphatic rings. The predicted octanol–water partition coefficient (Wildman–Crippen LogP) is 4.21. The third kappa shape index (κ3) is 2.79. The summed E-state index contributed by atoms with van der Waals surface area (Å²) in [6.07, 6.45) is 9.90. The van der Waals surface area contributed by atoms with E-state index >= 15 is 0 Å². The van der Waals surface area contributed by atoms with E-state index in [9.17, 15) is 0 Å². The van der Waals surface area contributed by atoms with Crippen molar-refractivity contribution < 1.29 is 0 Å². The molecule has 1 fully saturated rings. The molecule has 0 radical (unpaired) electrons. The Morgan fingerprint density at radius 2 is 1.89 bits per heavy atom. The molecule has 2 heteroatoms. The van der Waals surface area contributed by atoms with E-state index in [0.29, 0.717) is 0 Å². The minimum atomic E-state index is 0.149. The number of pyridine rings is 1. The summed E-state index contributed by atoms with van der Waals surface area (Å²) in [6.45, 7) is 0. The first kappa shape index (κ1) is 12.6. The molecule has 0 bridgehead atoms. The molecule has 1 aromatic heterocycles. The highest BCUT2D eigenvalue weighted by Gasteiger charge is 2.18. The quantitative estimate of drug-likeness (QED) is 0.891. The number of benzene rings is 1. The zero-order valence-electron chi connectivity index (χ0n) is 11.4. The second kappa shape index (κ2) is 5.70. The van der Waals surface area contributed by atoms with E-state index in [1.807, 2.05) is 12.3 Å². The molecular formula is C17H22N2. The zero-order chi connectivity index (χ0) is 13.1. The van der Waals surface area contributed by atoms with Crippen molar-refractivity contribution in [3.8, 4) is 0 Å². The smallest absolute Gasteiger partial charge is 0.0705 e. The number of hydrogen-bond acceptors (Lipinski definition) is 2. The molecule has 19 heavy (non-hydrogen) atoms. The lowest BCUT2D eigenvalue weighted by Crippen LogP contribution is -2.17. The van der Waals surface area contributed by atoms with Gasteiger partial charge in [-0.2, -0.15) is 0 Å². The number of para-hydroxylation sites is 1. The fraction of sp³-hybridized carbons (Fsp3) is 0.471. The fourth-order valence-corrected chi connectivity index (χ4v) is 3.35. The number of nitrogens with zero attached hydrogens (tertiary/aromatic N) is 1. The van der Waals surface area contributed by atoms with Crippen LogP contribution in [0.25, 0.3) is 10.9 Å². The lowest BCUT2D eigenvalue weighted by molar-refractivity contribution is 0.319. The van der Waals surface area contributed by atoms with Crippen LogP contribution >= 0.6 is 0 Å². The van der Waals surface area contributed by atoms with Crippen molar-refractivity contribution in [3.05, 3.63) is 42.1 Å². The summed E-state index contributed by atoms with van der Waals surface area (Å²) >= 11 is 0. The summed E-state index contributed by atoms with van der Waals surface area (Å²) in [5.41, 5.74) is 8.78. The van der Waals surface area contributed by atoms with E-state index in [2.05, 4.69) is 29.2 Å². The van der Waals surface area contributed by atoms with Gasteiger partial charge in [0.05, 0.1) is 5.52 Å². The van der Waals surface area contributed by atoms with Crippen molar-refractivity contribution in [1.82, 2.24) is 4.98 Å². The van der Waals surface area contributed by atoms with Crippen LogP contribution in [0.2, 0.25) is 0 Å². The molecular weight excluding hydrogens is 232 g/mol. The third-order valence-corrected chi connectivity index (χ3v) is 4.39. The first-order valence-electron chi connectivity index (χ1n) is 7.44. The molecule has 1 atom stereocenters. The summed E-state index contributed by atoms with van der Waals surface area (Å²) < 4.78 is 0. The highest BCUT2D eigenvalue weighted by atomic mass is 14.7. The fourth-order valence-electron chi connectivity index (χ4n) is 3.35. The Balaban J connectivity index is 1.82. The van der Waals surface area contributed by atoms with Gasteiger partial charge >= 0.3 is 0 Å². The second-order valence-corrected chi connectivity index (χ2v) is 5.76. The number of rotatable bonds is 3. The highest BCUT2D eigenvalue weighted by molar-refractivity contribution is 5.82. The number of nitrogens with two attached hydrogens (primary N) is 1. The third-order valence-electron chi connectivity index (χ3n) is 4.39. The van der Waals surface area contributed by atoms with Crippen molar-refractivity contribution in [1.29, 1.82) is 0 Å². The van der Waals surface area contributed by atoms with Gasteiger partial charge in [0.15, 0.2) is 0 Å². The number of aromatic nitrogens is 1. The van der Waals surface area contributed by atoms with Gasteiger partial charge in [0.25, 0.3) is 0 Å². The standard InChI is InChI=1S/C17H22N2/c18-16(12-13-6-2-1-3-7-13)14-10-11-19-17-9-5-4-8-15(14)17/h4-5,8-11,13,16H,1-3,6-7,12,18H2. The van der Waals surface area contributed by atoms with Crippen molar-refractivity contribution in [2.24, 2.45) is 11.7 Å². The molecule has 0 saturated heterocycles. The minimum absolute atomic E-state index is 0.149. The van der Waals surface area contributed by atoms with Crippen molar-refractivity contribution >= 4 is 10.9 Å². The van der Waals surface area contributed by atoms with Crippen LogP contribution < -0.4 is 5.73 Å². The SMILES string of the molecule is NC(CC1CCCCC1)c1ccnc2ccccc12. The van der Waals surface area contributed by atoms with Crippen LogP contribution in [0.4, 0.5) is 0 Å². The Hall–Kier alpha value is -1.41. The van der Waals surface area contributed by atoms with Crippen LogP contribution in [0.1, 0.15) is 50.1 Å². The first-order chi connectivity index (χ1) is 9.34. The molecule has 0 amide bonds. The summed E-state index contributed by atoms with van der Waals surface area (Å²) in [4.78, 5) is 4.42. The molecule has 1 aromatic carbocycles. The van der Waals surface area contributed by atoms with Crippen molar-refractivity contribution in [3.63, 3.8) is 0 Å². The van der Waals surface area contributed by atoms with E-state index in [0.717, 1.165) is 17.9 Å². The molecule has 0 spiro atoms. The normalized spacial score (nSPS) is 18.6. The minimum Gasteiger partial charge on any atom is -0.324 e. The molecule has 1 saturated carbocycles. The van der Waals surface area contributed by atoms with E-state index in [1.165, 1.54) is 43.1 Å². The van der Waals surface area contributed by atoms with Crippen LogP contribution in [-0.4, -0.2) is 4.98 Å². The van der Waals surface area contributed by atoms with Gasteiger partial charge in [0.2, 0.25) is 0 Å². The highest BCUT2D eigenvalue weighted by Crippen LogP contribution is 2.32. The summed E-state index contributed by atoms with van der Waals surface area (Å²) in [5, 5.41) is 1.22. The molecule has 2 nitrogen and oxygen atoms in total. The first-order valence-corrected chi connectivity index (χ1v) is 7.44. The van der Waals surface area contributed by atoms with Crippen LogP contribution in [0.15, 0.2) is 36.5 Å². The van der Waals surface area contributed by atoms with Gasteiger partial charge < -0.3 is 5.73 Å². The maximum atomic E-state index is 6.46. The summed E-state index contributed by atoms with van der Waals surface area (Å²) in [6, 6.07) is 10.5. The summed E-state index contributed by atoms with van der Waals surface area (Å²) in [5.74, 6) is 0.815. The van der Waals surface area contributed by atoms with Crippen LogP contribution in [-0.2, 0) is 0 Å². The Kier molecular flexibility index (Phi) is 3.79.